The monoisotopic (exact) mass is 348 g/mol. The quantitative estimate of drug-likeness (QED) is 0.608. The normalized spacial score (nSPS) is 18.5. The maximum Gasteiger partial charge on any atom is 0.0457 e. The van der Waals surface area contributed by atoms with Crippen LogP contribution in [-0.2, 0) is 6.42 Å². The van der Waals surface area contributed by atoms with Crippen LogP contribution in [0.3, 0.4) is 0 Å². The molecule has 0 bridgehead atoms. The number of nitrogens with one attached hydrogen (secondary N) is 1. The number of likely N-dealkylation sites (N-methyl/N-ethyl adjacent to an activating group) is 1. The van der Waals surface area contributed by atoms with Gasteiger partial charge in [-0.15, -0.1) is 0 Å². The van der Waals surface area contributed by atoms with Gasteiger partial charge in [0.15, 0.2) is 0 Å². The van der Waals surface area contributed by atoms with Gasteiger partial charge in [-0.2, -0.15) is 0 Å². The van der Waals surface area contributed by atoms with Crippen LogP contribution in [0.2, 0.25) is 0 Å². The molecule has 1 saturated heterocycles. The first kappa shape index (κ1) is 16.5. The fraction of sp³-hybridized carbons (Fsp3) is 0.273. The largest absolute Gasteiger partial charge is 0.361 e. The topological polar surface area (TPSA) is 19.0 Å². The predicted octanol–water partition coefficient (Wildman–Crippen LogP) is 5.57. The van der Waals surface area contributed by atoms with Gasteiger partial charge in [0, 0.05) is 28.0 Å². The van der Waals surface area contributed by atoms with Crippen LogP contribution in [0.1, 0.15) is 24.0 Å². The molecule has 2 aromatic carbocycles. The average Bonchev–Trinajstić information content (AvgIpc) is 3.23. The SMILES string of the molecule is CN1CCCC1Cc1c[nH]c2ccc(/C=C/Sc3ccccc3)cc12. The number of nitrogens with zero attached hydrogens (tertiary/aromatic N) is 1. The van der Waals surface area contributed by atoms with Gasteiger partial charge in [-0.05, 0) is 79.7 Å². The molecule has 1 aliphatic heterocycles. The van der Waals surface area contributed by atoms with E-state index in [9.17, 15) is 0 Å². The van der Waals surface area contributed by atoms with E-state index >= 15 is 0 Å². The minimum absolute atomic E-state index is 0.687. The molecule has 1 unspecified atom stereocenters. The molecule has 25 heavy (non-hydrogen) atoms. The highest BCUT2D eigenvalue weighted by Gasteiger charge is 2.22. The van der Waals surface area contributed by atoms with Crippen molar-refractivity contribution in [2.75, 3.05) is 13.6 Å². The van der Waals surface area contributed by atoms with Gasteiger partial charge in [0.1, 0.15) is 0 Å². The van der Waals surface area contributed by atoms with Gasteiger partial charge >= 0.3 is 0 Å². The van der Waals surface area contributed by atoms with Crippen molar-refractivity contribution in [3.8, 4) is 0 Å². The van der Waals surface area contributed by atoms with E-state index in [0.717, 1.165) is 6.42 Å². The third-order valence-electron chi connectivity index (χ3n) is 5.13. The maximum absolute atomic E-state index is 3.44. The number of benzene rings is 2. The van der Waals surface area contributed by atoms with Crippen LogP contribution >= 0.6 is 11.8 Å². The molecule has 1 atom stereocenters. The van der Waals surface area contributed by atoms with Crippen molar-refractivity contribution in [3.63, 3.8) is 0 Å². The van der Waals surface area contributed by atoms with E-state index in [4.69, 9.17) is 0 Å². The summed E-state index contributed by atoms with van der Waals surface area (Å²) in [6, 6.07) is 17.9. The molecule has 128 valence electrons. The van der Waals surface area contributed by atoms with E-state index in [1.165, 1.54) is 46.3 Å². The Labute approximate surface area is 153 Å². The van der Waals surface area contributed by atoms with E-state index in [-0.39, 0.29) is 0 Å². The number of thioether (sulfide) groups is 1. The van der Waals surface area contributed by atoms with Gasteiger partial charge in [0.05, 0.1) is 0 Å². The van der Waals surface area contributed by atoms with E-state index in [1.807, 2.05) is 0 Å². The van der Waals surface area contributed by atoms with Gasteiger partial charge < -0.3 is 9.88 Å². The van der Waals surface area contributed by atoms with Gasteiger partial charge in [0.25, 0.3) is 0 Å². The Morgan fingerprint density at radius 1 is 1.20 bits per heavy atom. The zero-order chi connectivity index (χ0) is 17.1. The van der Waals surface area contributed by atoms with Crippen LogP contribution < -0.4 is 0 Å². The van der Waals surface area contributed by atoms with Crippen LogP contribution in [0, 0.1) is 0 Å². The first-order chi connectivity index (χ1) is 12.3. The van der Waals surface area contributed by atoms with E-state index in [0.29, 0.717) is 6.04 Å². The molecular formula is C22H24N2S. The summed E-state index contributed by atoms with van der Waals surface area (Å²) >= 11 is 1.76. The highest BCUT2D eigenvalue weighted by atomic mass is 32.2. The fourth-order valence-electron chi connectivity index (χ4n) is 3.65. The van der Waals surface area contributed by atoms with Crippen LogP contribution in [-0.4, -0.2) is 29.5 Å². The van der Waals surface area contributed by atoms with Gasteiger partial charge in [-0.3, -0.25) is 0 Å². The van der Waals surface area contributed by atoms with Crippen LogP contribution in [0.25, 0.3) is 17.0 Å². The summed E-state index contributed by atoms with van der Waals surface area (Å²) in [5, 5.41) is 3.54. The third-order valence-corrected chi connectivity index (χ3v) is 5.94. The van der Waals surface area contributed by atoms with Crippen molar-refractivity contribution in [2.45, 2.75) is 30.2 Å². The van der Waals surface area contributed by atoms with E-state index in [2.05, 4.69) is 83.1 Å². The Hall–Kier alpha value is -1.97. The fourth-order valence-corrected chi connectivity index (χ4v) is 4.35. The van der Waals surface area contributed by atoms with Crippen molar-refractivity contribution in [1.29, 1.82) is 0 Å². The summed E-state index contributed by atoms with van der Waals surface area (Å²) in [4.78, 5) is 7.21. The number of hydrogen-bond donors (Lipinski definition) is 1. The number of rotatable bonds is 5. The molecule has 3 aromatic rings. The number of hydrogen-bond acceptors (Lipinski definition) is 2. The third kappa shape index (κ3) is 3.83. The summed E-state index contributed by atoms with van der Waals surface area (Å²) in [6.07, 6.45) is 8.19. The summed E-state index contributed by atoms with van der Waals surface area (Å²) < 4.78 is 0. The lowest BCUT2D eigenvalue weighted by atomic mass is 10.0. The standard InChI is InChI=1S/C22H24N2S/c1-24-12-5-6-19(24)15-18-16-23-22-10-9-17(14-21(18)22)11-13-25-20-7-3-2-4-8-20/h2-4,7-11,13-14,16,19,23H,5-6,12,15H2,1H3/b13-11+. The molecule has 0 radical (unpaired) electrons. The minimum atomic E-state index is 0.687. The maximum atomic E-state index is 3.44. The molecule has 1 aromatic heterocycles. The van der Waals surface area contributed by atoms with Crippen LogP contribution in [0.4, 0.5) is 0 Å². The van der Waals surface area contributed by atoms with Crippen molar-refractivity contribution in [1.82, 2.24) is 9.88 Å². The van der Waals surface area contributed by atoms with Crippen molar-refractivity contribution < 1.29 is 0 Å². The predicted molar refractivity (Wildman–Crippen MR) is 109 cm³/mol. The van der Waals surface area contributed by atoms with E-state index in [1.54, 1.807) is 11.8 Å². The lowest BCUT2D eigenvalue weighted by Gasteiger charge is -2.18. The summed E-state index contributed by atoms with van der Waals surface area (Å²) in [6.45, 7) is 1.23. The Bertz CT molecular complexity index is 866. The average molecular weight is 349 g/mol. The molecule has 2 heterocycles. The Balaban J connectivity index is 1.51. The van der Waals surface area contributed by atoms with Crippen molar-refractivity contribution in [2.24, 2.45) is 0 Å². The summed E-state index contributed by atoms with van der Waals surface area (Å²) in [5.41, 5.74) is 3.94. The number of likely N-dealkylation sites (tertiary alicyclic amines) is 1. The number of fused-ring (bicyclic) bond motifs is 1. The molecule has 1 aliphatic rings. The molecular weight excluding hydrogens is 324 g/mol. The molecule has 1 fully saturated rings. The van der Waals surface area contributed by atoms with Crippen molar-refractivity contribution >= 4 is 28.7 Å². The van der Waals surface area contributed by atoms with Gasteiger partial charge in [-0.25, -0.2) is 0 Å². The first-order valence-electron chi connectivity index (χ1n) is 8.98. The minimum Gasteiger partial charge on any atom is -0.361 e. The second-order valence-electron chi connectivity index (χ2n) is 6.83. The van der Waals surface area contributed by atoms with Crippen molar-refractivity contribution in [3.05, 3.63) is 71.3 Å². The van der Waals surface area contributed by atoms with E-state index < -0.39 is 0 Å². The molecule has 4 rings (SSSR count). The molecule has 0 saturated carbocycles. The number of H-pyrrole nitrogens is 1. The second kappa shape index (κ2) is 7.51. The highest BCUT2D eigenvalue weighted by molar-refractivity contribution is 8.02. The Morgan fingerprint density at radius 3 is 2.88 bits per heavy atom. The Kier molecular flexibility index (Phi) is 4.95. The summed E-state index contributed by atoms with van der Waals surface area (Å²) in [7, 11) is 2.25. The Morgan fingerprint density at radius 2 is 2.08 bits per heavy atom. The molecule has 0 amide bonds. The van der Waals surface area contributed by atoms with Gasteiger partial charge in [-0.1, -0.05) is 36.0 Å². The zero-order valence-electron chi connectivity index (χ0n) is 14.6. The van der Waals surface area contributed by atoms with Crippen LogP contribution in [0.5, 0.6) is 0 Å². The van der Waals surface area contributed by atoms with Gasteiger partial charge in [0.2, 0.25) is 0 Å². The summed E-state index contributed by atoms with van der Waals surface area (Å²) in [5.74, 6) is 0. The second-order valence-corrected chi connectivity index (χ2v) is 7.81. The zero-order valence-corrected chi connectivity index (χ0v) is 15.4. The lowest BCUT2D eigenvalue weighted by Crippen LogP contribution is -2.26. The lowest BCUT2D eigenvalue weighted by molar-refractivity contribution is 0.310. The molecule has 0 aliphatic carbocycles. The highest BCUT2D eigenvalue weighted by Crippen LogP contribution is 2.26. The van der Waals surface area contributed by atoms with Crippen LogP contribution in [0.15, 0.2) is 65.0 Å². The molecule has 1 N–H and O–H groups in total. The molecule has 3 heteroatoms. The molecule has 2 nitrogen and oxygen atoms in total. The first-order valence-corrected chi connectivity index (χ1v) is 9.86. The molecule has 0 spiro atoms. The smallest absolute Gasteiger partial charge is 0.0457 e. The number of aromatic amines is 1. The number of aromatic nitrogens is 1.